The third kappa shape index (κ3) is 7.36. The zero-order valence-corrected chi connectivity index (χ0v) is 24.6. The molecule has 0 saturated heterocycles. The molecule has 0 aliphatic rings. The van der Waals surface area contributed by atoms with Crippen LogP contribution in [0.1, 0.15) is 32.8 Å². The summed E-state index contributed by atoms with van der Waals surface area (Å²) in [6.07, 6.45) is 6.70. The lowest BCUT2D eigenvalue weighted by atomic mass is 10.1. The molecule has 0 aliphatic heterocycles. The Morgan fingerprint density at radius 1 is 0.541 bits per heavy atom. The summed E-state index contributed by atoms with van der Waals surface area (Å²) >= 11 is 4.36. The maximum atomic E-state index is 14.3. The van der Waals surface area contributed by atoms with Crippen molar-refractivity contribution in [2.45, 2.75) is 10.5 Å². The molecule has 0 saturated carbocycles. The lowest BCUT2D eigenvalue weighted by Gasteiger charge is -2.22. The molecule has 2 unspecified atom stereocenters. The van der Waals surface area contributed by atoms with E-state index >= 15 is 0 Å². The Morgan fingerprint density at radius 2 is 0.865 bits per heavy atom. The molecule has 0 spiro atoms. The Morgan fingerprint density at radius 3 is 1.19 bits per heavy atom. The molecule has 4 aromatic carbocycles. The molecule has 4 aromatic rings. The first kappa shape index (κ1) is 27.7. The van der Waals surface area contributed by atoms with Crippen LogP contribution in [0.4, 0.5) is 8.78 Å². The lowest BCUT2D eigenvalue weighted by Crippen LogP contribution is -2.19. The van der Waals surface area contributed by atoms with Gasteiger partial charge in [-0.05, 0) is 116 Å². The molecular formula is C30H22F2I2O2S. The van der Waals surface area contributed by atoms with Crippen molar-refractivity contribution in [2.75, 3.05) is 0 Å². The number of hydrogen-bond acceptors (Lipinski definition) is 2. The van der Waals surface area contributed by atoms with E-state index in [1.807, 2.05) is 48.5 Å². The average molecular weight is 738 g/mol. The molecule has 0 N–H and O–H groups in total. The van der Waals surface area contributed by atoms with Crippen LogP contribution in [-0.4, -0.2) is 8.42 Å². The van der Waals surface area contributed by atoms with E-state index in [4.69, 9.17) is 0 Å². The number of hydrogen-bond donors (Lipinski definition) is 0. The predicted octanol–water partition coefficient (Wildman–Crippen LogP) is 8.80. The second-order valence-corrected chi connectivity index (χ2v) is 13.0. The minimum Gasteiger partial charge on any atom is -0.227 e. The smallest absolute Gasteiger partial charge is 0.171 e. The summed E-state index contributed by atoms with van der Waals surface area (Å²) in [4.78, 5) is 0. The highest BCUT2D eigenvalue weighted by atomic mass is 127. The van der Waals surface area contributed by atoms with Crippen molar-refractivity contribution < 1.29 is 17.2 Å². The standard InChI is InChI=1S/C30H22F2I2O2S/c31-25-11-1-21(2-12-25)5-19-29(23-7-15-27(33)16-8-23)37(35,36)30(24-9-17-28(34)18-10-24)20-6-22-3-13-26(32)14-4-22/h1-20,29-30H. The van der Waals surface area contributed by atoms with E-state index in [9.17, 15) is 17.2 Å². The first-order valence-corrected chi connectivity index (χ1v) is 15.1. The van der Waals surface area contributed by atoms with E-state index in [0.29, 0.717) is 22.3 Å². The molecule has 2 atom stereocenters. The Labute approximate surface area is 243 Å². The van der Waals surface area contributed by atoms with Crippen LogP contribution in [0.5, 0.6) is 0 Å². The van der Waals surface area contributed by atoms with Gasteiger partial charge in [-0.3, -0.25) is 0 Å². The van der Waals surface area contributed by atoms with Crippen molar-refractivity contribution in [1.29, 1.82) is 0 Å². The Hall–Kier alpha value is -2.37. The summed E-state index contributed by atoms with van der Waals surface area (Å²) in [6, 6.07) is 26.5. The Balaban J connectivity index is 1.81. The summed E-state index contributed by atoms with van der Waals surface area (Å²) in [5, 5.41) is -1.92. The second-order valence-electron chi connectivity index (χ2n) is 8.35. The van der Waals surface area contributed by atoms with Gasteiger partial charge in [0.2, 0.25) is 0 Å². The van der Waals surface area contributed by atoms with Crippen LogP contribution in [0.25, 0.3) is 12.2 Å². The fourth-order valence-electron chi connectivity index (χ4n) is 3.83. The number of halogens is 4. The van der Waals surface area contributed by atoms with Crippen molar-refractivity contribution >= 4 is 67.2 Å². The van der Waals surface area contributed by atoms with Crippen LogP contribution < -0.4 is 0 Å². The fourth-order valence-corrected chi connectivity index (χ4v) is 6.53. The highest BCUT2D eigenvalue weighted by molar-refractivity contribution is 14.1. The maximum absolute atomic E-state index is 14.3. The average Bonchev–Trinajstić information content (AvgIpc) is 2.88. The van der Waals surface area contributed by atoms with E-state index in [2.05, 4.69) is 45.2 Å². The third-order valence-corrected chi connectivity index (χ3v) is 9.48. The molecule has 37 heavy (non-hydrogen) atoms. The van der Waals surface area contributed by atoms with Gasteiger partial charge in [-0.2, -0.15) is 0 Å². The highest BCUT2D eigenvalue weighted by Gasteiger charge is 2.33. The topological polar surface area (TPSA) is 34.1 Å². The van der Waals surface area contributed by atoms with Gasteiger partial charge in [0.15, 0.2) is 9.84 Å². The number of rotatable bonds is 8. The van der Waals surface area contributed by atoms with E-state index in [-0.39, 0.29) is 11.6 Å². The van der Waals surface area contributed by atoms with Crippen LogP contribution in [0, 0.1) is 18.8 Å². The van der Waals surface area contributed by atoms with Crippen LogP contribution in [0.15, 0.2) is 109 Å². The largest absolute Gasteiger partial charge is 0.227 e. The van der Waals surface area contributed by atoms with Crippen LogP contribution in [0.2, 0.25) is 0 Å². The summed E-state index contributed by atoms with van der Waals surface area (Å²) in [6.45, 7) is 0. The molecule has 0 radical (unpaired) electrons. The zero-order valence-electron chi connectivity index (χ0n) is 19.4. The summed E-state index contributed by atoms with van der Waals surface area (Å²) < 4.78 is 57.4. The SMILES string of the molecule is O=S(=O)(C(C=Cc1ccc(F)cc1)c1ccc(I)cc1)C(C=Cc1ccc(F)cc1)c1ccc(I)cc1. The molecule has 0 aromatic heterocycles. The van der Waals surface area contributed by atoms with Gasteiger partial charge in [0.1, 0.15) is 22.1 Å². The van der Waals surface area contributed by atoms with Gasteiger partial charge >= 0.3 is 0 Å². The predicted molar refractivity (Wildman–Crippen MR) is 164 cm³/mol. The van der Waals surface area contributed by atoms with Gasteiger partial charge in [-0.1, -0.05) is 72.8 Å². The van der Waals surface area contributed by atoms with E-state index < -0.39 is 20.3 Å². The fraction of sp³-hybridized carbons (Fsp3) is 0.0667. The minimum absolute atomic E-state index is 0.358. The number of sulfone groups is 1. The van der Waals surface area contributed by atoms with Crippen molar-refractivity contribution in [1.82, 2.24) is 0 Å². The minimum atomic E-state index is -3.88. The monoisotopic (exact) mass is 738 g/mol. The Kier molecular flexibility index (Phi) is 9.31. The van der Waals surface area contributed by atoms with Crippen LogP contribution in [-0.2, 0) is 9.84 Å². The molecule has 0 bridgehead atoms. The van der Waals surface area contributed by atoms with Crippen molar-refractivity contribution in [3.8, 4) is 0 Å². The highest BCUT2D eigenvalue weighted by Crippen LogP contribution is 2.37. The lowest BCUT2D eigenvalue weighted by molar-refractivity contribution is 0.584. The van der Waals surface area contributed by atoms with Gasteiger partial charge in [0, 0.05) is 7.14 Å². The normalized spacial score (nSPS) is 13.7. The van der Waals surface area contributed by atoms with E-state index in [1.54, 1.807) is 48.6 Å². The van der Waals surface area contributed by atoms with E-state index in [0.717, 1.165) is 7.14 Å². The quantitative estimate of drug-likeness (QED) is 0.170. The van der Waals surface area contributed by atoms with Gasteiger partial charge in [0.25, 0.3) is 0 Å². The Bertz CT molecular complexity index is 1390. The molecule has 0 aliphatic carbocycles. The van der Waals surface area contributed by atoms with E-state index in [1.165, 1.54) is 24.3 Å². The van der Waals surface area contributed by atoms with Crippen molar-refractivity contribution in [3.63, 3.8) is 0 Å². The third-order valence-electron chi connectivity index (χ3n) is 5.77. The first-order chi connectivity index (χ1) is 17.7. The van der Waals surface area contributed by atoms with Gasteiger partial charge in [0.05, 0.1) is 0 Å². The van der Waals surface area contributed by atoms with Crippen LogP contribution >= 0.6 is 45.2 Å². The molecule has 188 valence electrons. The van der Waals surface area contributed by atoms with Gasteiger partial charge in [-0.25, -0.2) is 17.2 Å². The summed E-state index contributed by atoms with van der Waals surface area (Å²) in [5.74, 6) is -0.715. The molecule has 0 fully saturated rings. The van der Waals surface area contributed by atoms with Gasteiger partial charge in [-0.15, -0.1) is 0 Å². The molecule has 2 nitrogen and oxygen atoms in total. The molecule has 0 heterocycles. The second kappa shape index (κ2) is 12.4. The summed E-state index contributed by atoms with van der Waals surface area (Å²) in [5.41, 5.74) is 2.65. The van der Waals surface area contributed by atoms with Crippen molar-refractivity contribution in [2.24, 2.45) is 0 Å². The van der Waals surface area contributed by atoms with Crippen molar-refractivity contribution in [3.05, 3.63) is 150 Å². The summed E-state index contributed by atoms with van der Waals surface area (Å²) in [7, 11) is -3.88. The van der Waals surface area contributed by atoms with Gasteiger partial charge < -0.3 is 0 Å². The molecule has 0 amide bonds. The zero-order chi connectivity index (χ0) is 26.4. The molecular weight excluding hydrogens is 716 g/mol. The first-order valence-electron chi connectivity index (χ1n) is 11.3. The van der Waals surface area contributed by atoms with Crippen LogP contribution in [0.3, 0.4) is 0 Å². The number of benzene rings is 4. The molecule has 4 rings (SSSR count). The maximum Gasteiger partial charge on any atom is 0.171 e. The molecule has 7 heteroatoms.